The first-order valence-corrected chi connectivity index (χ1v) is 7.13. The van der Waals surface area contributed by atoms with Crippen LogP contribution >= 0.6 is 0 Å². The molecule has 0 aromatic carbocycles. The molecule has 1 nitrogen and oxygen atoms in total. The van der Waals surface area contributed by atoms with Crippen LogP contribution in [-0.2, 0) is 0 Å². The molecule has 0 rings (SSSR count). The number of aliphatic hydroxyl groups is 1. The van der Waals surface area contributed by atoms with Crippen molar-refractivity contribution in [3.8, 4) is 0 Å². The quantitative estimate of drug-likeness (QED) is 0.640. The van der Waals surface area contributed by atoms with Gasteiger partial charge in [0.15, 0.2) is 0 Å². The van der Waals surface area contributed by atoms with Gasteiger partial charge in [0.05, 0.1) is 0 Å². The maximum Gasteiger partial charge on any atom is 0.104 e. The van der Waals surface area contributed by atoms with E-state index in [9.17, 15) is 5.11 Å². The molecular formula is C18H32O. The summed E-state index contributed by atoms with van der Waals surface area (Å²) in [6.45, 7) is 17.4. The monoisotopic (exact) mass is 264 g/mol. The van der Waals surface area contributed by atoms with Gasteiger partial charge in [0.2, 0.25) is 0 Å². The second kappa shape index (κ2) is 19.0. The van der Waals surface area contributed by atoms with E-state index in [1.54, 1.807) is 6.08 Å². The third-order valence-electron chi connectivity index (χ3n) is 1.99. The lowest BCUT2D eigenvalue weighted by Gasteiger charge is -2.12. The fourth-order valence-corrected chi connectivity index (χ4v) is 1.30. The molecule has 0 fully saturated rings. The molecule has 1 unspecified atom stereocenters. The van der Waals surface area contributed by atoms with E-state index in [1.165, 1.54) is 0 Å². The third-order valence-corrected chi connectivity index (χ3v) is 1.99. The van der Waals surface area contributed by atoms with Crippen molar-refractivity contribution in [3.05, 3.63) is 60.3 Å². The molecule has 19 heavy (non-hydrogen) atoms. The average Bonchev–Trinajstić information content (AvgIpc) is 2.48. The maximum atomic E-state index is 10.1. The van der Waals surface area contributed by atoms with E-state index >= 15 is 0 Å². The molecule has 110 valence electrons. The Labute approximate surface area is 120 Å². The van der Waals surface area contributed by atoms with Gasteiger partial charge in [-0.15, -0.1) is 0 Å². The van der Waals surface area contributed by atoms with Crippen molar-refractivity contribution >= 4 is 0 Å². The zero-order chi connectivity index (χ0) is 15.7. The Morgan fingerprint density at radius 2 is 1.32 bits per heavy atom. The molecule has 0 bridgehead atoms. The van der Waals surface area contributed by atoms with Crippen LogP contribution in [0.4, 0.5) is 0 Å². The molecule has 0 aliphatic rings. The summed E-state index contributed by atoms with van der Waals surface area (Å²) in [4.78, 5) is 0. The summed E-state index contributed by atoms with van der Waals surface area (Å²) < 4.78 is 0. The Kier molecular flexibility index (Phi) is 22.8. The van der Waals surface area contributed by atoms with Crippen molar-refractivity contribution < 1.29 is 5.11 Å². The van der Waals surface area contributed by atoms with Crippen LogP contribution in [0.2, 0.25) is 0 Å². The van der Waals surface area contributed by atoms with E-state index in [0.29, 0.717) is 0 Å². The number of hydrogen-bond donors (Lipinski definition) is 1. The number of allylic oxidation sites excluding steroid dienone is 5. The molecule has 1 N–H and O–H groups in total. The van der Waals surface area contributed by atoms with Crippen molar-refractivity contribution in [2.24, 2.45) is 0 Å². The van der Waals surface area contributed by atoms with Crippen molar-refractivity contribution in [1.29, 1.82) is 0 Å². The Morgan fingerprint density at radius 3 is 1.63 bits per heavy atom. The molecule has 0 aromatic heterocycles. The van der Waals surface area contributed by atoms with Gasteiger partial charge in [-0.2, -0.15) is 0 Å². The molecule has 0 spiro atoms. The molecule has 1 heteroatoms. The van der Waals surface area contributed by atoms with E-state index in [4.69, 9.17) is 0 Å². The van der Waals surface area contributed by atoms with E-state index in [-0.39, 0.29) is 0 Å². The van der Waals surface area contributed by atoms with Crippen LogP contribution in [0.1, 0.15) is 48.5 Å². The molecule has 0 radical (unpaired) electrons. The average molecular weight is 264 g/mol. The van der Waals surface area contributed by atoms with Crippen LogP contribution in [0.15, 0.2) is 60.3 Å². The van der Waals surface area contributed by atoms with Gasteiger partial charge in [-0.1, -0.05) is 76.8 Å². The minimum atomic E-state index is -0.583. The first-order chi connectivity index (χ1) is 9.21. The van der Waals surface area contributed by atoms with Crippen molar-refractivity contribution in [2.75, 3.05) is 0 Å². The summed E-state index contributed by atoms with van der Waals surface area (Å²) >= 11 is 0. The highest BCUT2D eigenvalue weighted by molar-refractivity contribution is 5.38. The maximum absolute atomic E-state index is 10.1. The van der Waals surface area contributed by atoms with Gasteiger partial charge in [0, 0.05) is 0 Å². The normalized spacial score (nSPS) is 13.5. The van der Waals surface area contributed by atoms with Crippen LogP contribution in [0.25, 0.3) is 0 Å². The van der Waals surface area contributed by atoms with Crippen molar-refractivity contribution in [3.63, 3.8) is 0 Å². The second-order valence-corrected chi connectivity index (χ2v) is 3.09. The van der Waals surface area contributed by atoms with Gasteiger partial charge < -0.3 is 5.11 Å². The van der Waals surface area contributed by atoms with Crippen LogP contribution in [0, 0.1) is 0 Å². The Hall–Kier alpha value is -1.34. The number of aliphatic hydroxyl groups excluding tert-OH is 1. The minimum absolute atomic E-state index is 0.583. The fourth-order valence-electron chi connectivity index (χ4n) is 1.30. The summed E-state index contributed by atoms with van der Waals surface area (Å²) in [5.41, 5.74) is 1.74. The van der Waals surface area contributed by atoms with E-state index in [0.717, 1.165) is 11.1 Å². The van der Waals surface area contributed by atoms with Crippen LogP contribution < -0.4 is 0 Å². The van der Waals surface area contributed by atoms with E-state index < -0.39 is 6.10 Å². The van der Waals surface area contributed by atoms with E-state index in [1.807, 2.05) is 84.9 Å². The standard InChI is InChI=1S/C14H20O.2C2H6/c1-5-9-12(8-4)14(15)13(10-6-2)11-7-3;2*1-2/h5-11,14-15H,2H2,1,3-4H3;2*1-2H3/b9-5-,11-7-,12-8+,13-10+;;. The summed E-state index contributed by atoms with van der Waals surface area (Å²) in [5, 5.41) is 10.1. The van der Waals surface area contributed by atoms with Gasteiger partial charge in [-0.25, -0.2) is 0 Å². The zero-order valence-electron chi connectivity index (χ0n) is 13.8. The predicted octanol–water partition coefficient (Wildman–Crippen LogP) is 5.61. The van der Waals surface area contributed by atoms with Gasteiger partial charge in [-0.05, 0) is 31.9 Å². The Balaban J connectivity index is -0.000000579. The molecule has 0 saturated heterocycles. The molecule has 0 amide bonds. The largest absolute Gasteiger partial charge is 0.384 e. The van der Waals surface area contributed by atoms with Crippen LogP contribution in [0.5, 0.6) is 0 Å². The third kappa shape index (κ3) is 11.5. The highest BCUT2D eigenvalue weighted by atomic mass is 16.3. The first kappa shape index (κ1) is 22.8. The van der Waals surface area contributed by atoms with Gasteiger partial charge in [0.25, 0.3) is 0 Å². The zero-order valence-corrected chi connectivity index (χ0v) is 13.8. The lowest BCUT2D eigenvalue weighted by Crippen LogP contribution is -2.11. The molecule has 0 saturated carbocycles. The highest BCUT2D eigenvalue weighted by Gasteiger charge is 2.09. The molecule has 0 aliphatic carbocycles. The second-order valence-electron chi connectivity index (χ2n) is 3.09. The summed E-state index contributed by atoms with van der Waals surface area (Å²) in [6.07, 6.45) is 12.4. The van der Waals surface area contributed by atoms with Crippen molar-refractivity contribution in [1.82, 2.24) is 0 Å². The van der Waals surface area contributed by atoms with Gasteiger partial charge in [0.1, 0.15) is 6.10 Å². The number of rotatable bonds is 5. The molecule has 0 aliphatic heterocycles. The highest BCUT2D eigenvalue weighted by Crippen LogP contribution is 2.15. The molecule has 1 atom stereocenters. The molecular weight excluding hydrogens is 232 g/mol. The van der Waals surface area contributed by atoms with Crippen molar-refractivity contribution in [2.45, 2.75) is 54.6 Å². The Bertz CT molecular complexity index is 304. The lowest BCUT2D eigenvalue weighted by molar-refractivity contribution is 0.254. The van der Waals surface area contributed by atoms with E-state index in [2.05, 4.69) is 6.58 Å². The molecule has 0 heterocycles. The summed E-state index contributed by atoms with van der Waals surface area (Å²) in [6, 6.07) is 0. The smallest absolute Gasteiger partial charge is 0.104 e. The minimum Gasteiger partial charge on any atom is -0.384 e. The Morgan fingerprint density at radius 1 is 0.895 bits per heavy atom. The van der Waals surface area contributed by atoms with Gasteiger partial charge in [-0.3, -0.25) is 0 Å². The first-order valence-electron chi connectivity index (χ1n) is 7.13. The van der Waals surface area contributed by atoms with Crippen LogP contribution in [-0.4, -0.2) is 11.2 Å². The fraction of sp³-hybridized carbons (Fsp3) is 0.444. The lowest BCUT2D eigenvalue weighted by atomic mass is 10.00. The summed E-state index contributed by atoms with van der Waals surface area (Å²) in [7, 11) is 0. The predicted molar refractivity (Wildman–Crippen MR) is 90.4 cm³/mol. The number of hydrogen-bond acceptors (Lipinski definition) is 1. The summed E-state index contributed by atoms with van der Waals surface area (Å²) in [5.74, 6) is 0. The molecule has 0 aromatic rings. The van der Waals surface area contributed by atoms with Crippen LogP contribution in [0.3, 0.4) is 0 Å². The topological polar surface area (TPSA) is 20.2 Å². The van der Waals surface area contributed by atoms with Gasteiger partial charge >= 0.3 is 0 Å². The SMILES string of the molecule is C=C/C=C(\C=C/C)C(O)C(/C=C\C)=C/C.CC.CC.